The molecule has 0 saturated heterocycles. The number of nitrogens with zero attached hydrogens (tertiary/aromatic N) is 3. The first-order chi connectivity index (χ1) is 6.79. The highest BCUT2D eigenvalue weighted by Gasteiger charge is 2.20. The average molecular weight is 190 g/mol. The Morgan fingerprint density at radius 2 is 2.43 bits per heavy atom. The van der Waals surface area contributed by atoms with Crippen molar-refractivity contribution < 1.29 is 0 Å². The molecule has 0 fully saturated rings. The van der Waals surface area contributed by atoms with Crippen molar-refractivity contribution in [3.8, 4) is 0 Å². The highest BCUT2D eigenvalue weighted by Crippen LogP contribution is 2.11. The van der Waals surface area contributed by atoms with Crippen LogP contribution in [0.15, 0.2) is 29.5 Å². The van der Waals surface area contributed by atoms with E-state index in [9.17, 15) is 0 Å². The summed E-state index contributed by atoms with van der Waals surface area (Å²) in [5.41, 5.74) is 6.89. The minimum absolute atomic E-state index is 0.0106. The Morgan fingerprint density at radius 3 is 3.07 bits per heavy atom. The van der Waals surface area contributed by atoms with Gasteiger partial charge >= 0.3 is 0 Å². The third-order valence-corrected chi connectivity index (χ3v) is 2.29. The van der Waals surface area contributed by atoms with Crippen molar-refractivity contribution in [2.75, 3.05) is 13.1 Å². The number of hydrogen-bond acceptors (Lipinski definition) is 4. The van der Waals surface area contributed by atoms with Gasteiger partial charge in [-0.05, 0) is 19.1 Å². The Bertz CT molecular complexity index is 331. The first-order valence-corrected chi connectivity index (χ1v) is 4.76. The molecule has 1 aromatic rings. The van der Waals surface area contributed by atoms with Crippen molar-refractivity contribution in [1.29, 1.82) is 0 Å². The molecule has 2 N–H and O–H groups in total. The number of aliphatic imine (C=N–C) groups is 1. The lowest BCUT2D eigenvalue weighted by Gasteiger charge is -2.24. The van der Waals surface area contributed by atoms with Gasteiger partial charge in [0, 0.05) is 24.5 Å². The van der Waals surface area contributed by atoms with Crippen LogP contribution in [0.3, 0.4) is 0 Å². The van der Waals surface area contributed by atoms with Crippen LogP contribution in [0, 0.1) is 0 Å². The number of nitrogens with two attached hydrogens (primary N) is 1. The van der Waals surface area contributed by atoms with Gasteiger partial charge in [-0.3, -0.25) is 9.98 Å². The van der Waals surface area contributed by atoms with Gasteiger partial charge in [0.15, 0.2) is 0 Å². The van der Waals surface area contributed by atoms with Crippen LogP contribution in [0.2, 0.25) is 0 Å². The second kappa shape index (κ2) is 3.75. The number of rotatable bonds is 2. The fraction of sp³-hybridized carbons (Fsp3) is 0.400. The molecule has 1 aliphatic heterocycles. The van der Waals surface area contributed by atoms with Crippen LogP contribution in [0.4, 0.5) is 0 Å². The van der Waals surface area contributed by atoms with Gasteiger partial charge in [-0.25, -0.2) is 0 Å². The van der Waals surface area contributed by atoms with Gasteiger partial charge in [0.2, 0.25) is 0 Å². The highest BCUT2D eigenvalue weighted by atomic mass is 15.3. The van der Waals surface area contributed by atoms with E-state index in [1.54, 1.807) is 6.20 Å². The first-order valence-electron chi connectivity index (χ1n) is 4.76. The summed E-state index contributed by atoms with van der Waals surface area (Å²) in [7, 11) is 0. The third kappa shape index (κ3) is 1.61. The van der Waals surface area contributed by atoms with E-state index in [0.29, 0.717) is 0 Å². The topological polar surface area (TPSA) is 54.5 Å². The molecule has 1 atom stereocenters. The van der Waals surface area contributed by atoms with E-state index in [-0.39, 0.29) is 6.17 Å². The molecule has 0 amide bonds. The van der Waals surface area contributed by atoms with Gasteiger partial charge < -0.3 is 10.6 Å². The molecular formula is C10H14N4. The van der Waals surface area contributed by atoms with Crippen LogP contribution in [0.25, 0.3) is 0 Å². The van der Waals surface area contributed by atoms with E-state index in [1.807, 2.05) is 25.3 Å². The Labute approximate surface area is 83.5 Å². The summed E-state index contributed by atoms with van der Waals surface area (Å²) < 4.78 is 0. The highest BCUT2D eigenvalue weighted by molar-refractivity contribution is 5.99. The molecule has 0 aromatic carbocycles. The van der Waals surface area contributed by atoms with E-state index < -0.39 is 0 Å². The Morgan fingerprint density at radius 1 is 1.57 bits per heavy atom. The second-order valence-electron chi connectivity index (χ2n) is 3.38. The summed E-state index contributed by atoms with van der Waals surface area (Å²) >= 11 is 0. The predicted octanol–water partition coefficient (Wildman–Crippen LogP) is 0.448. The molecule has 4 nitrogen and oxygen atoms in total. The Balaban J connectivity index is 2.26. The summed E-state index contributed by atoms with van der Waals surface area (Å²) in [6, 6.07) is 3.92. The molecule has 1 aliphatic rings. The molecular weight excluding hydrogens is 176 g/mol. The quantitative estimate of drug-likeness (QED) is 0.736. The van der Waals surface area contributed by atoms with Gasteiger partial charge in [0.25, 0.3) is 0 Å². The van der Waals surface area contributed by atoms with Crippen molar-refractivity contribution in [2.45, 2.75) is 13.1 Å². The van der Waals surface area contributed by atoms with Crippen LogP contribution in [0.1, 0.15) is 12.5 Å². The van der Waals surface area contributed by atoms with Gasteiger partial charge in [0.05, 0.1) is 12.7 Å². The number of aromatic nitrogens is 1. The largest absolute Gasteiger partial charge is 0.339 e. The molecule has 2 heterocycles. The summed E-state index contributed by atoms with van der Waals surface area (Å²) in [6.07, 6.45) is 3.59. The van der Waals surface area contributed by atoms with E-state index in [4.69, 9.17) is 5.73 Å². The molecule has 4 heteroatoms. The van der Waals surface area contributed by atoms with Crippen molar-refractivity contribution >= 4 is 5.84 Å². The van der Waals surface area contributed by atoms with Crippen molar-refractivity contribution in [1.82, 2.24) is 9.88 Å². The summed E-state index contributed by atoms with van der Waals surface area (Å²) in [6.45, 7) is 3.70. The zero-order valence-corrected chi connectivity index (χ0v) is 8.22. The summed E-state index contributed by atoms with van der Waals surface area (Å²) in [5.74, 6) is 0.966. The lowest BCUT2D eigenvalue weighted by Crippen LogP contribution is -2.42. The smallest absolute Gasteiger partial charge is 0.133 e. The molecule has 0 aliphatic carbocycles. The maximum absolute atomic E-state index is 5.85. The van der Waals surface area contributed by atoms with Crippen molar-refractivity contribution in [3.63, 3.8) is 0 Å². The molecule has 74 valence electrons. The maximum atomic E-state index is 5.85. The van der Waals surface area contributed by atoms with Crippen molar-refractivity contribution in [2.24, 2.45) is 10.7 Å². The molecule has 14 heavy (non-hydrogen) atoms. The minimum atomic E-state index is 0.0106. The SMILES string of the molecule is CC(N)N1CCN=C1c1cccnc1. The molecule has 0 bridgehead atoms. The van der Waals surface area contributed by atoms with Gasteiger partial charge in [-0.2, -0.15) is 0 Å². The Hall–Kier alpha value is -1.42. The maximum Gasteiger partial charge on any atom is 0.133 e. The van der Waals surface area contributed by atoms with Crippen LogP contribution >= 0.6 is 0 Å². The Kier molecular flexibility index (Phi) is 2.45. The molecule has 0 radical (unpaired) electrons. The zero-order valence-electron chi connectivity index (χ0n) is 8.22. The first kappa shape index (κ1) is 9.15. The molecule has 1 aromatic heterocycles. The predicted molar refractivity (Wildman–Crippen MR) is 56.0 cm³/mol. The van der Waals surface area contributed by atoms with E-state index >= 15 is 0 Å². The molecule has 2 rings (SSSR count). The monoisotopic (exact) mass is 190 g/mol. The number of hydrogen-bond donors (Lipinski definition) is 1. The fourth-order valence-corrected chi connectivity index (χ4v) is 1.61. The van der Waals surface area contributed by atoms with Crippen LogP contribution in [-0.4, -0.2) is 35.0 Å². The van der Waals surface area contributed by atoms with Crippen LogP contribution < -0.4 is 5.73 Å². The lowest BCUT2D eigenvalue weighted by atomic mass is 10.2. The van der Waals surface area contributed by atoms with Gasteiger partial charge in [-0.1, -0.05) is 0 Å². The zero-order chi connectivity index (χ0) is 9.97. The van der Waals surface area contributed by atoms with E-state index in [0.717, 1.165) is 24.5 Å². The van der Waals surface area contributed by atoms with Gasteiger partial charge in [-0.15, -0.1) is 0 Å². The van der Waals surface area contributed by atoms with Gasteiger partial charge in [0.1, 0.15) is 5.84 Å². The third-order valence-electron chi connectivity index (χ3n) is 2.29. The summed E-state index contributed by atoms with van der Waals surface area (Å²) in [5, 5.41) is 0. The van der Waals surface area contributed by atoms with E-state index in [1.165, 1.54) is 0 Å². The van der Waals surface area contributed by atoms with Crippen LogP contribution in [0.5, 0.6) is 0 Å². The normalized spacial score (nSPS) is 18.1. The molecule has 0 spiro atoms. The molecule has 0 saturated carbocycles. The second-order valence-corrected chi connectivity index (χ2v) is 3.38. The van der Waals surface area contributed by atoms with E-state index in [2.05, 4.69) is 14.9 Å². The molecule has 1 unspecified atom stereocenters. The van der Waals surface area contributed by atoms with Crippen LogP contribution in [-0.2, 0) is 0 Å². The summed E-state index contributed by atoms with van der Waals surface area (Å²) in [4.78, 5) is 10.6. The standard InChI is InChI=1S/C10H14N4/c1-8(11)14-6-5-13-10(14)9-3-2-4-12-7-9/h2-4,7-8H,5-6,11H2,1H3. The van der Waals surface area contributed by atoms with Crippen molar-refractivity contribution in [3.05, 3.63) is 30.1 Å². The minimum Gasteiger partial charge on any atom is -0.339 e. The fourth-order valence-electron chi connectivity index (χ4n) is 1.61. The number of amidine groups is 1. The average Bonchev–Trinajstić information content (AvgIpc) is 2.67. The number of pyridine rings is 1. The lowest BCUT2D eigenvalue weighted by molar-refractivity contribution is 0.366.